The van der Waals surface area contributed by atoms with E-state index in [1.807, 2.05) is 25.7 Å². The van der Waals surface area contributed by atoms with E-state index in [-0.39, 0.29) is 0 Å². The zero-order valence-corrected chi connectivity index (χ0v) is 12.5. The molecule has 0 saturated heterocycles. The minimum atomic E-state index is -0.418. The third-order valence-corrected chi connectivity index (χ3v) is 4.35. The molecule has 0 aliphatic rings. The first kappa shape index (κ1) is 15.1. The molecule has 2 nitrogen and oxygen atoms in total. The minimum Gasteiger partial charge on any atom is -0.303 e. The minimum absolute atomic E-state index is 0.418. The highest BCUT2D eigenvalue weighted by molar-refractivity contribution is 7.99. The summed E-state index contributed by atoms with van der Waals surface area (Å²) in [4.78, 5) is 0. The summed E-state index contributed by atoms with van der Waals surface area (Å²) in [7, 11) is 1.85. The Balaban J connectivity index is 2.47. The van der Waals surface area contributed by atoms with Crippen molar-refractivity contribution in [1.82, 2.24) is 5.32 Å². The van der Waals surface area contributed by atoms with Crippen molar-refractivity contribution in [2.75, 3.05) is 7.05 Å². The molecular formula is C15H22N2S. The molecule has 0 bridgehead atoms. The summed E-state index contributed by atoms with van der Waals surface area (Å²) in [5, 5.41) is 12.7. The molecule has 0 spiro atoms. The molecule has 1 N–H and O–H groups in total. The van der Waals surface area contributed by atoms with Crippen LogP contribution in [0.25, 0.3) is 0 Å². The summed E-state index contributed by atoms with van der Waals surface area (Å²) < 4.78 is 0. The van der Waals surface area contributed by atoms with E-state index in [9.17, 15) is 0 Å². The fourth-order valence-electron chi connectivity index (χ4n) is 1.88. The lowest BCUT2D eigenvalue weighted by Crippen LogP contribution is -2.40. The van der Waals surface area contributed by atoms with Gasteiger partial charge < -0.3 is 5.32 Å². The summed E-state index contributed by atoms with van der Waals surface area (Å²) in [6.07, 6.45) is 0.858. The van der Waals surface area contributed by atoms with Gasteiger partial charge in [0.25, 0.3) is 0 Å². The number of hydrogen-bond donors (Lipinski definition) is 1. The Morgan fingerprint density at radius 3 is 2.78 bits per heavy atom. The van der Waals surface area contributed by atoms with E-state index in [4.69, 9.17) is 5.26 Å². The number of nitrogens with one attached hydrogen (secondary N) is 1. The Morgan fingerprint density at radius 1 is 1.50 bits per heavy atom. The third kappa shape index (κ3) is 4.72. The lowest BCUT2D eigenvalue weighted by atomic mass is 9.98. The van der Waals surface area contributed by atoms with Crippen molar-refractivity contribution < 1.29 is 0 Å². The van der Waals surface area contributed by atoms with Crippen LogP contribution in [0.5, 0.6) is 0 Å². The second-order valence-corrected chi connectivity index (χ2v) is 6.44. The van der Waals surface area contributed by atoms with Crippen LogP contribution in [0.4, 0.5) is 0 Å². The fourth-order valence-corrected chi connectivity index (χ4v) is 2.99. The Kier molecular flexibility index (Phi) is 5.71. The molecule has 1 rings (SSSR count). The van der Waals surface area contributed by atoms with Gasteiger partial charge >= 0.3 is 0 Å². The molecule has 0 aromatic heterocycles. The van der Waals surface area contributed by atoms with E-state index in [2.05, 4.69) is 49.5 Å². The van der Waals surface area contributed by atoms with Gasteiger partial charge in [-0.05, 0) is 32.9 Å². The van der Waals surface area contributed by atoms with Crippen LogP contribution in [0.15, 0.2) is 24.3 Å². The van der Waals surface area contributed by atoms with Gasteiger partial charge in [0.2, 0.25) is 0 Å². The Labute approximate surface area is 115 Å². The van der Waals surface area contributed by atoms with E-state index < -0.39 is 5.54 Å². The number of hydrogen-bond acceptors (Lipinski definition) is 3. The van der Waals surface area contributed by atoms with Crippen LogP contribution >= 0.6 is 11.8 Å². The predicted molar refractivity (Wildman–Crippen MR) is 79.6 cm³/mol. The van der Waals surface area contributed by atoms with Crippen LogP contribution in [-0.2, 0) is 5.75 Å². The molecule has 0 radical (unpaired) electrons. The highest BCUT2D eigenvalue weighted by Crippen LogP contribution is 2.24. The number of nitrogens with zero attached hydrogens (tertiary/aromatic N) is 1. The molecule has 1 aromatic rings. The van der Waals surface area contributed by atoms with Crippen molar-refractivity contribution in [2.24, 2.45) is 0 Å². The van der Waals surface area contributed by atoms with Gasteiger partial charge in [0, 0.05) is 11.0 Å². The zero-order chi connectivity index (χ0) is 13.6. The van der Waals surface area contributed by atoms with Crippen molar-refractivity contribution in [3.05, 3.63) is 35.4 Å². The maximum absolute atomic E-state index is 9.13. The first-order valence-electron chi connectivity index (χ1n) is 6.26. The van der Waals surface area contributed by atoms with Gasteiger partial charge in [0.05, 0.1) is 6.07 Å². The molecule has 0 fully saturated rings. The van der Waals surface area contributed by atoms with Gasteiger partial charge in [0.15, 0.2) is 0 Å². The van der Waals surface area contributed by atoms with Gasteiger partial charge in [0.1, 0.15) is 5.54 Å². The van der Waals surface area contributed by atoms with Crippen LogP contribution in [0.3, 0.4) is 0 Å². The number of aryl methyl sites for hydroxylation is 1. The van der Waals surface area contributed by atoms with Crippen molar-refractivity contribution in [3.63, 3.8) is 0 Å². The largest absolute Gasteiger partial charge is 0.303 e. The monoisotopic (exact) mass is 262 g/mol. The second kappa shape index (κ2) is 6.82. The normalized spacial score (nSPS) is 15.7. The predicted octanol–water partition coefficient (Wildman–Crippen LogP) is 3.51. The van der Waals surface area contributed by atoms with E-state index >= 15 is 0 Å². The lowest BCUT2D eigenvalue weighted by molar-refractivity contribution is 0.455. The lowest BCUT2D eigenvalue weighted by Gasteiger charge is -2.24. The molecule has 3 heteroatoms. The molecule has 2 unspecified atom stereocenters. The van der Waals surface area contributed by atoms with Crippen LogP contribution < -0.4 is 5.32 Å². The van der Waals surface area contributed by atoms with Crippen LogP contribution in [0.1, 0.15) is 31.4 Å². The average Bonchev–Trinajstić information content (AvgIpc) is 2.36. The summed E-state index contributed by atoms with van der Waals surface area (Å²) in [6, 6.07) is 10.9. The maximum atomic E-state index is 9.13. The quantitative estimate of drug-likeness (QED) is 0.852. The SMILES string of the molecule is CNC(C)(C#N)CC(C)SCc1cccc(C)c1. The van der Waals surface area contributed by atoms with E-state index in [1.165, 1.54) is 11.1 Å². The number of rotatable bonds is 6. The summed E-state index contributed by atoms with van der Waals surface area (Å²) in [5.74, 6) is 1.01. The van der Waals surface area contributed by atoms with Gasteiger partial charge in [-0.2, -0.15) is 17.0 Å². The molecule has 0 aliphatic carbocycles. The summed E-state index contributed by atoms with van der Waals surface area (Å²) in [6.45, 7) is 6.26. The molecule has 0 saturated carbocycles. The fraction of sp³-hybridized carbons (Fsp3) is 0.533. The third-order valence-electron chi connectivity index (χ3n) is 3.11. The zero-order valence-electron chi connectivity index (χ0n) is 11.7. The van der Waals surface area contributed by atoms with E-state index in [1.54, 1.807) is 0 Å². The van der Waals surface area contributed by atoms with Gasteiger partial charge in [-0.1, -0.05) is 36.8 Å². The van der Waals surface area contributed by atoms with Gasteiger partial charge in [-0.3, -0.25) is 0 Å². The van der Waals surface area contributed by atoms with E-state index in [0.717, 1.165) is 12.2 Å². The smallest absolute Gasteiger partial charge is 0.104 e. The van der Waals surface area contributed by atoms with Crippen molar-refractivity contribution in [3.8, 4) is 6.07 Å². The van der Waals surface area contributed by atoms with Crippen molar-refractivity contribution >= 4 is 11.8 Å². The molecule has 18 heavy (non-hydrogen) atoms. The number of thioether (sulfide) groups is 1. The summed E-state index contributed by atoms with van der Waals surface area (Å²) in [5.41, 5.74) is 2.24. The topological polar surface area (TPSA) is 35.8 Å². The molecule has 2 atom stereocenters. The first-order valence-corrected chi connectivity index (χ1v) is 7.31. The molecule has 98 valence electrons. The molecule has 0 aliphatic heterocycles. The van der Waals surface area contributed by atoms with Crippen LogP contribution in [0, 0.1) is 18.3 Å². The average molecular weight is 262 g/mol. The van der Waals surface area contributed by atoms with Crippen LogP contribution in [0.2, 0.25) is 0 Å². The van der Waals surface area contributed by atoms with Crippen molar-refractivity contribution in [1.29, 1.82) is 5.26 Å². The highest BCUT2D eigenvalue weighted by Gasteiger charge is 2.24. The highest BCUT2D eigenvalue weighted by atomic mass is 32.2. The Morgan fingerprint density at radius 2 is 2.22 bits per heavy atom. The van der Waals surface area contributed by atoms with Crippen LogP contribution in [-0.4, -0.2) is 17.8 Å². The van der Waals surface area contributed by atoms with Gasteiger partial charge in [-0.25, -0.2) is 0 Å². The first-order chi connectivity index (χ1) is 8.49. The molecule has 1 aromatic carbocycles. The Bertz CT molecular complexity index is 425. The van der Waals surface area contributed by atoms with Gasteiger partial charge in [-0.15, -0.1) is 0 Å². The second-order valence-electron chi connectivity index (χ2n) is 5.01. The molecule has 0 heterocycles. The Hall–Kier alpha value is -0.980. The number of benzene rings is 1. The maximum Gasteiger partial charge on any atom is 0.104 e. The van der Waals surface area contributed by atoms with E-state index in [0.29, 0.717) is 5.25 Å². The van der Waals surface area contributed by atoms with Crippen molar-refractivity contribution in [2.45, 2.75) is 43.7 Å². The number of nitriles is 1. The standard InChI is InChI=1S/C15H22N2S/c1-12-6-5-7-14(8-12)10-18-13(2)9-15(3,11-16)17-4/h5-8,13,17H,9-10H2,1-4H3. The molecule has 0 amide bonds. The summed E-state index contributed by atoms with van der Waals surface area (Å²) >= 11 is 1.90. The molecular weight excluding hydrogens is 240 g/mol.